The third-order valence-electron chi connectivity index (χ3n) is 4.64. The van der Waals surface area contributed by atoms with Crippen molar-refractivity contribution in [2.75, 3.05) is 16.8 Å². The van der Waals surface area contributed by atoms with Crippen molar-refractivity contribution >= 4 is 33.1 Å². The zero-order chi connectivity index (χ0) is 18.2. The molecule has 1 N–H and O–H groups in total. The van der Waals surface area contributed by atoms with E-state index in [1.54, 1.807) is 0 Å². The summed E-state index contributed by atoms with van der Waals surface area (Å²) < 4.78 is 23.3. The number of rotatable bonds is 3. The van der Waals surface area contributed by atoms with Gasteiger partial charge in [-0.2, -0.15) is 5.10 Å². The first-order valence-electron chi connectivity index (χ1n) is 8.24. The van der Waals surface area contributed by atoms with Gasteiger partial charge in [0.1, 0.15) is 5.71 Å². The first kappa shape index (κ1) is 17.6. The summed E-state index contributed by atoms with van der Waals surface area (Å²) in [5, 5.41) is 8.16. The Kier molecular flexibility index (Phi) is 4.64. The van der Waals surface area contributed by atoms with Gasteiger partial charge in [0.15, 0.2) is 9.84 Å². The van der Waals surface area contributed by atoms with Gasteiger partial charge >= 0.3 is 0 Å². The molecule has 0 bridgehead atoms. The Morgan fingerprint density at radius 1 is 1.24 bits per heavy atom. The van der Waals surface area contributed by atoms with E-state index in [1.165, 1.54) is 5.01 Å². The maximum absolute atomic E-state index is 12.5. The molecule has 1 aromatic rings. The van der Waals surface area contributed by atoms with Crippen LogP contribution in [0.5, 0.6) is 0 Å². The van der Waals surface area contributed by atoms with Crippen LogP contribution in [-0.4, -0.2) is 48.5 Å². The van der Waals surface area contributed by atoms with Crippen LogP contribution in [0.1, 0.15) is 30.4 Å². The zero-order valence-electron chi connectivity index (χ0n) is 14.3. The summed E-state index contributed by atoms with van der Waals surface area (Å²) in [6, 6.07) is 5.15. The molecule has 7 nitrogen and oxygen atoms in total. The molecule has 0 spiro atoms. The Hall–Kier alpha value is -2.22. The maximum Gasteiger partial charge on any atom is 0.271 e. The van der Waals surface area contributed by atoms with Gasteiger partial charge in [-0.15, -0.1) is 0 Å². The summed E-state index contributed by atoms with van der Waals surface area (Å²) in [6.07, 6.45) is 0.783. The van der Waals surface area contributed by atoms with Gasteiger partial charge in [0.25, 0.3) is 5.91 Å². The third kappa shape index (κ3) is 3.89. The SMILES string of the molecule is Cc1ccc(NC(=O)C2=NN([C@@H]3CCS(=O)(=O)C3)C(=O)CC2)cc1C. The number of carbonyl (C=O) groups is 2. The Bertz CT molecular complexity index is 861. The summed E-state index contributed by atoms with van der Waals surface area (Å²) >= 11 is 0. The number of benzene rings is 1. The molecule has 8 heteroatoms. The molecule has 1 atom stereocenters. The molecule has 0 saturated carbocycles. The van der Waals surface area contributed by atoms with E-state index in [0.29, 0.717) is 12.1 Å². The Labute approximate surface area is 147 Å². The van der Waals surface area contributed by atoms with Crippen LogP contribution in [0.25, 0.3) is 0 Å². The molecule has 1 saturated heterocycles. The highest BCUT2D eigenvalue weighted by atomic mass is 32.2. The lowest BCUT2D eigenvalue weighted by Gasteiger charge is -2.27. The van der Waals surface area contributed by atoms with Crippen molar-refractivity contribution in [2.24, 2.45) is 5.10 Å². The highest BCUT2D eigenvalue weighted by molar-refractivity contribution is 7.91. The first-order chi connectivity index (χ1) is 11.7. The molecule has 134 valence electrons. The molecule has 2 amide bonds. The number of aryl methyl sites for hydroxylation is 2. The fourth-order valence-electron chi connectivity index (χ4n) is 3.01. The lowest BCUT2D eigenvalue weighted by molar-refractivity contribution is -0.133. The van der Waals surface area contributed by atoms with Gasteiger partial charge < -0.3 is 5.32 Å². The van der Waals surface area contributed by atoms with Gasteiger partial charge in [-0.1, -0.05) is 6.07 Å². The summed E-state index contributed by atoms with van der Waals surface area (Å²) in [5.41, 5.74) is 3.12. The second-order valence-electron chi connectivity index (χ2n) is 6.60. The molecular weight excluding hydrogens is 342 g/mol. The molecule has 2 aliphatic heterocycles. The number of amides is 2. The molecule has 2 aliphatic rings. The number of carbonyl (C=O) groups excluding carboxylic acids is 2. The van der Waals surface area contributed by atoms with Gasteiger partial charge in [-0.3, -0.25) is 9.59 Å². The van der Waals surface area contributed by atoms with Crippen LogP contribution in [0.2, 0.25) is 0 Å². The van der Waals surface area contributed by atoms with Crippen LogP contribution in [0.3, 0.4) is 0 Å². The van der Waals surface area contributed by atoms with E-state index in [2.05, 4.69) is 10.4 Å². The van der Waals surface area contributed by atoms with Crippen molar-refractivity contribution in [3.8, 4) is 0 Å². The van der Waals surface area contributed by atoms with Crippen molar-refractivity contribution in [2.45, 2.75) is 39.2 Å². The average Bonchev–Trinajstić information content (AvgIpc) is 2.91. The lowest BCUT2D eigenvalue weighted by Crippen LogP contribution is -2.42. The van der Waals surface area contributed by atoms with E-state index in [1.807, 2.05) is 32.0 Å². The number of nitrogens with one attached hydrogen (secondary N) is 1. The Balaban J connectivity index is 1.76. The van der Waals surface area contributed by atoms with Crippen molar-refractivity contribution in [3.05, 3.63) is 29.3 Å². The molecule has 1 aromatic carbocycles. The van der Waals surface area contributed by atoms with Gasteiger partial charge in [-0.05, 0) is 43.5 Å². The van der Waals surface area contributed by atoms with Crippen LogP contribution in [-0.2, 0) is 19.4 Å². The quantitative estimate of drug-likeness (QED) is 0.878. The van der Waals surface area contributed by atoms with Crippen LogP contribution >= 0.6 is 0 Å². The number of hydrogen-bond acceptors (Lipinski definition) is 5. The standard InChI is InChI=1S/C17H21N3O4S/c1-11-3-4-13(9-12(11)2)18-17(22)15-5-6-16(21)20(19-15)14-7-8-25(23,24)10-14/h3-4,9,14H,5-8,10H2,1-2H3,(H,18,22)/t14-/m1/s1. The van der Waals surface area contributed by atoms with Gasteiger partial charge in [-0.25, -0.2) is 13.4 Å². The van der Waals surface area contributed by atoms with E-state index in [9.17, 15) is 18.0 Å². The van der Waals surface area contributed by atoms with Crippen LogP contribution in [0.15, 0.2) is 23.3 Å². The molecule has 25 heavy (non-hydrogen) atoms. The smallest absolute Gasteiger partial charge is 0.271 e. The minimum atomic E-state index is -3.13. The van der Waals surface area contributed by atoms with Crippen molar-refractivity contribution < 1.29 is 18.0 Å². The minimum Gasteiger partial charge on any atom is -0.321 e. The predicted octanol–water partition coefficient (Wildman–Crippen LogP) is 1.41. The number of anilines is 1. The first-order valence-corrected chi connectivity index (χ1v) is 10.1. The molecular formula is C17H21N3O4S. The summed E-state index contributed by atoms with van der Waals surface area (Å²) in [7, 11) is -3.13. The molecule has 0 aliphatic carbocycles. The van der Waals surface area contributed by atoms with Crippen LogP contribution in [0, 0.1) is 13.8 Å². The molecule has 0 radical (unpaired) electrons. The topological polar surface area (TPSA) is 95.9 Å². The highest BCUT2D eigenvalue weighted by Gasteiger charge is 2.37. The largest absolute Gasteiger partial charge is 0.321 e. The number of hydrogen-bond donors (Lipinski definition) is 1. The van der Waals surface area contributed by atoms with E-state index >= 15 is 0 Å². The second-order valence-corrected chi connectivity index (χ2v) is 8.82. The van der Waals surface area contributed by atoms with Crippen LogP contribution < -0.4 is 5.32 Å². The Morgan fingerprint density at radius 3 is 2.64 bits per heavy atom. The van der Waals surface area contributed by atoms with Crippen LogP contribution in [0.4, 0.5) is 5.69 Å². The summed E-state index contributed by atoms with van der Waals surface area (Å²) in [6.45, 7) is 3.95. The monoisotopic (exact) mass is 363 g/mol. The summed E-state index contributed by atoms with van der Waals surface area (Å²) in [4.78, 5) is 24.6. The number of hydrazone groups is 1. The minimum absolute atomic E-state index is 0.0567. The van der Waals surface area contributed by atoms with Gasteiger partial charge in [0.05, 0.1) is 17.5 Å². The van der Waals surface area contributed by atoms with Crippen molar-refractivity contribution in [1.82, 2.24) is 5.01 Å². The fourth-order valence-corrected chi connectivity index (χ4v) is 4.70. The molecule has 1 fully saturated rings. The van der Waals surface area contributed by atoms with Gasteiger partial charge in [0.2, 0.25) is 5.91 Å². The number of nitrogens with zero attached hydrogens (tertiary/aromatic N) is 2. The van der Waals surface area contributed by atoms with Crippen molar-refractivity contribution in [3.63, 3.8) is 0 Å². The van der Waals surface area contributed by atoms with E-state index in [0.717, 1.165) is 11.1 Å². The fraction of sp³-hybridized carbons (Fsp3) is 0.471. The summed E-state index contributed by atoms with van der Waals surface area (Å²) in [5.74, 6) is -0.624. The number of sulfone groups is 1. The van der Waals surface area contributed by atoms with Crippen molar-refractivity contribution in [1.29, 1.82) is 0 Å². The third-order valence-corrected chi connectivity index (χ3v) is 6.39. The molecule has 3 rings (SSSR count). The maximum atomic E-state index is 12.5. The normalized spacial score (nSPS) is 22.6. The Morgan fingerprint density at radius 2 is 2.00 bits per heavy atom. The molecule has 2 heterocycles. The van der Waals surface area contributed by atoms with Gasteiger partial charge in [0, 0.05) is 18.5 Å². The van der Waals surface area contributed by atoms with E-state index in [4.69, 9.17) is 0 Å². The molecule has 0 aromatic heterocycles. The zero-order valence-corrected chi connectivity index (χ0v) is 15.1. The lowest BCUT2D eigenvalue weighted by atomic mass is 10.1. The second kappa shape index (κ2) is 6.59. The average molecular weight is 363 g/mol. The highest BCUT2D eigenvalue weighted by Crippen LogP contribution is 2.22. The predicted molar refractivity (Wildman–Crippen MR) is 95.1 cm³/mol. The van der Waals surface area contributed by atoms with E-state index < -0.39 is 15.9 Å². The van der Waals surface area contributed by atoms with E-state index in [-0.39, 0.29) is 41.9 Å². The molecule has 0 unspecified atom stereocenters.